The van der Waals surface area contributed by atoms with Gasteiger partial charge in [0, 0.05) is 41.4 Å². The molecule has 3 heterocycles. The summed E-state index contributed by atoms with van der Waals surface area (Å²) >= 11 is 1.37. The Morgan fingerprint density at radius 1 is 0.907 bits per heavy atom. The van der Waals surface area contributed by atoms with Gasteiger partial charge in [0.25, 0.3) is 5.91 Å². The van der Waals surface area contributed by atoms with E-state index in [9.17, 15) is 19.5 Å². The lowest BCUT2D eigenvalue weighted by atomic mass is 9.95. The van der Waals surface area contributed by atoms with Gasteiger partial charge in [0.05, 0.1) is 24.4 Å². The van der Waals surface area contributed by atoms with Crippen LogP contribution in [-0.4, -0.2) is 70.1 Å². The van der Waals surface area contributed by atoms with Crippen molar-refractivity contribution in [1.29, 1.82) is 0 Å². The van der Waals surface area contributed by atoms with Crippen LogP contribution in [0.3, 0.4) is 0 Å². The number of nitrogens with zero attached hydrogens (tertiary/aromatic N) is 3. The minimum absolute atomic E-state index is 0.00842. The maximum Gasteiger partial charge on any atom is 0.326 e. The number of H-pyrrole nitrogens is 1. The molecule has 11 nitrogen and oxygen atoms in total. The molecular weight excluding hydrogens is 701 g/mol. The molecule has 0 radical (unpaired) electrons. The largest absolute Gasteiger partial charge is 0.494 e. The first-order valence-electron chi connectivity index (χ1n) is 18.5. The monoisotopic (exact) mass is 750 g/mol. The zero-order valence-corrected chi connectivity index (χ0v) is 32.2. The standard InChI is InChI=1S/C42H50N6O5S/c1-5-6-7-8-9-22-53-33-16-14-29(15-17-33)31-20-21-44-38(45-25-31)30-12-10-28(11-13-30)23-34(47-40(50)36-18-19-37(54-36)42(2,3)4)39(49)48-35(41(51)52)24-32-26-43-27-46-32/h10-20,25-27,34-35H,5-9,21-24H2,1-4H3,(H,43,46)(H,47,50)(H,48,49)(H,51,52)/t34-,35-/m0/s1. The number of ether oxygens (including phenoxy) is 1. The first-order chi connectivity index (χ1) is 26.0. The highest BCUT2D eigenvalue weighted by Gasteiger charge is 2.29. The van der Waals surface area contributed by atoms with Crippen LogP contribution >= 0.6 is 11.3 Å². The maximum atomic E-state index is 13.7. The van der Waals surface area contributed by atoms with E-state index in [1.807, 2.05) is 66.9 Å². The first-order valence-corrected chi connectivity index (χ1v) is 19.3. The van der Waals surface area contributed by atoms with Gasteiger partial charge < -0.3 is 25.5 Å². The molecule has 0 saturated heterocycles. The number of unbranched alkanes of at least 4 members (excludes halogenated alkanes) is 4. The van der Waals surface area contributed by atoms with Crippen LogP contribution in [0.15, 0.2) is 89.2 Å². The predicted octanol–water partition coefficient (Wildman–Crippen LogP) is 7.19. The van der Waals surface area contributed by atoms with Crippen molar-refractivity contribution in [2.24, 2.45) is 9.98 Å². The van der Waals surface area contributed by atoms with Crippen molar-refractivity contribution in [2.75, 3.05) is 13.2 Å². The maximum absolute atomic E-state index is 13.7. The van der Waals surface area contributed by atoms with Crippen LogP contribution in [0, 0.1) is 0 Å². The highest BCUT2D eigenvalue weighted by atomic mass is 32.1. The average molecular weight is 751 g/mol. The summed E-state index contributed by atoms with van der Waals surface area (Å²) in [5, 5.41) is 15.4. The van der Waals surface area contributed by atoms with E-state index in [2.05, 4.69) is 53.3 Å². The predicted molar refractivity (Wildman–Crippen MR) is 215 cm³/mol. The lowest BCUT2D eigenvalue weighted by Crippen LogP contribution is -2.53. The molecule has 0 spiro atoms. The van der Waals surface area contributed by atoms with Crippen molar-refractivity contribution in [1.82, 2.24) is 20.6 Å². The number of carboxylic acids is 1. The molecule has 1 aliphatic rings. The number of imidazole rings is 1. The lowest BCUT2D eigenvalue weighted by Gasteiger charge is -2.21. The van der Waals surface area contributed by atoms with Gasteiger partial charge in [-0.25, -0.2) is 14.8 Å². The van der Waals surface area contributed by atoms with Crippen LogP contribution in [0.25, 0.3) is 5.57 Å². The Hall–Kier alpha value is -5.36. The molecule has 2 aromatic heterocycles. The molecule has 5 rings (SSSR count). The smallest absolute Gasteiger partial charge is 0.326 e. The van der Waals surface area contributed by atoms with Gasteiger partial charge in [-0.3, -0.25) is 14.6 Å². The van der Waals surface area contributed by atoms with E-state index in [-0.39, 0.29) is 18.3 Å². The van der Waals surface area contributed by atoms with Crippen LogP contribution in [0.4, 0.5) is 0 Å². The fourth-order valence-electron chi connectivity index (χ4n) is 5.87. The van der Waals surface area contributed by atoms with E-state index in [1.165, 1.54) is 49.5 Å². The number of aromatic nitrogens is 2. The van der Waals surface area contributed by atoms with Gasteiger partial charge in [0.2, 0.25) is 5.91 Å². The molecule has 2 atom stereocenters. The average Bonchev–Trinajstić information content (AvgIpc) is 3.82. The van der Waals surface area contributed by atoms with E-state index >= 15 is 0 Å². The third kappa shape index (κ3) is 11.6. The van der Waals surface area contributed by atoms with Crippen molar-refractivity contribution in [3.8, 4) is 5.75 Å². The van der Waals surface area contributed by atoms with Gasteiger partial charge in [-0.15, -0.1) is 11.3 Å². The Morgan fingerprint density at radius 3 is 2.31 bits per heavy atom. The number of nitrogens with one attached hydrogen (secondary N) is 3. The number of allylic oxidation sites excluding steroid dienone is 1. The van der Waals surface area contributed by atoms with Crippen molar-refractivity contribution in [3.05, 3.63) is 111 Å². The second-order valence-electron chi connectivity index (χ2n) is 14.4. The quantitative estimate of drug-likeness (QED) is 0.0789. The Kier molecular flexibility index (Phi) is 14.1. The minimum Gasteiger partial charge on any atom is -0.494 e. The summed E-state index contributed by atoms with van der Waals surface area (Å²) in [4.78, 5) is 56.9. The second-order valence-corrected chi connectivity index (χ2v) is 15.5. The molecule has 4 aromatic rings. The molecule has 2 aromatic carbocycles. The number of carbonyl (C=O) groups is 3. The molecule has 0 saturated carbocycles. The van der Waals surface area contributed by atoms with Crippen LogP contribution in [0.2, 0.25) is 0 Å². The molecule has 0 bridgehead atoms. The van der Waals surface area contributed by atoms with Crippen LogP contribution in [-0.2, 0) is 27.8 Å². The van der Waals surface area contributed by atoms with E-state index < -0.39 is 29.9 Å². The summed E-state index contributed by atoms with van der Waals surface area (Å²) in [5.41, 5.74) is 3.98. The Morgan fingerprint density at radius 2 is 1.65 bits per heavy atom. The van der Waals surface area contributed by atoms with Crippen molar-refractivity contribution < 1.29 is 24.2 Å². The van der Waals surface area contributed by atoms with Gasteiger partial charge in [0.15, 0.2) is 5.84 Å². The Balaban J connectivity index is 1.24. The number of aromatic amines is 1. The first kappa shape index (κ1) is 39.8. The van der Waals surface area contributed by atoms with Crippen LogP contribution < -0.4 is 15.4 Å². The number of carbonyl (C=O) groups excluding carboxylic acids is 2. The van der Waals surface area contributed by atoms with Gasteiger partial charge in [-0.2, -0.15) is 0 Å². The zero-order valence-electron chi connectivity index (χ0n) is 31.4. The molecule has 0 fully saturated rings. The lowest BCUT2D eigenvalue weighted by molar-refractivity contribution is -0.142. The number of amidine groups is 1. The fraction of sp³-hybridized carbons (Fsp3) is 0.381. The number of benzene rings is 2. The van der Waals surface area contributed by atoms with Gasteiger partial charge in [0.1, 0.15) is 17.8 Å². The van der Waals surface area contributed by atoms with Crippen molar-refractivity contribution in [2.45, 2.75) is 90.1 Å². The molecule has 54 heavy (non-hydrogen) atoms. The summed E-state index contributed by atoms with van der Waals surface area (Å²) in [5.74, 6) is -0.775. The number of aliphatic imine (C=N–C) groups is 2. The minimum atomic E-state index is -1.23. The Labute approximate surface area is 321 Å². The molecule has 0 unspecified atom stereocenters. The van der Waals surface area contributed by atoms with E-state index in [1.54, 1.807) is 6.07 Å². The molecule has 284 valence electrons. The van der Waals surface area contributed by atoms with Gasteiger partial charge in [-0.05, 0) is 52.8 Å². The van der Waals surface area contributed by atoms with E-state index in [0.29, 0.717) is 23.0 Å². The third-order valence-corrected chi connectivity index (χ3v) is 10.5. The second kappa shape index (κ2) is 19.1. The van der Waals surface area contributed by atoms with Crippen molar-refractivity contribution in [3.63, 3.8) is 0 Å². The van der Waals surface area contributed by atoms with Crippen LogP contribution in [0.5, 0.6) is 5.75 Å². The molecule has 4 N–H and O–H groups in total. The molecule has 12 heteroatoms. The van der Waals surface area contributed by atoms with Gasteiger partial charge in [-0.1, -0.05) is 95.9 Å². The SMILES string of the molecule is CCCCCCCOc1ccc(C2=CCN=C(c3ccc(C[C@H](NC(=O)c4ccc(C(C)(C)C)s4)C(=O)N[C@@H](Cc4cnc[nH]4)C(=O)O)cc3)N=C2)cc1. The van der Waals surface area contributed by atoms with Gasteiger partial charge >= 0.3 is 5.97 Å². The number of amides is 2. The van der Waals surface area contributed by atoms with E-state index in [0.717, 1.165) is 45.9 Å². The topological polar surface area (TPSA) is 158 Å². The zero-order chi connectivity index (χ0) is 38.5. The summed E-state index contributed by atoms with van der Waals surface area (Å²) in [6.45, 7) is 9.60. The number of thiophene rings is 1. The summed E-state index contributed by atoms with van der Waals surface area (Å²) in [7, 11) is 0. The number of aliphatic carboxylic acids is 1. The molecule has 2 amide bonds. The Bertz CT molecular complexity index is 1940. The molecule has 1 aliphatic heterocycles. The summed E-state index contributed by atoms with van der Waals surface area (Å²) in [6.07, 6.45) is 12.9. The summed E-state index contributed by atoms with van der Waals surface area (Å²) in [6, 6.07) is 16.9. The van der Waals surface area contributed by atoms with E-state index in [4.69, 9.17) is 9.73 Å². The normalized spacial score (nSPS) is 14.0. The molecule has 0 aliphatic carbocycles. The molecular formula is C42H50N6O5S. The third-order valence-electron chi connectivity index (χ3n) is 9.02. The number of rotatable bonds is 18. The highest BCUT2D eigenvalue weighted by molar-refractivity contribution is 7.14. The van der Waals surface area contributed by atoms with Crippen LogP contribution in [0.1, 0.15) is 96.7 Å². The fourth-order valence-corrected chi connectivity index (χ4v) is 6.83. The number of hydrogen-bond acceptors (Lipinski definition) is 8. The number of hydrogen-bond donors (Lipinski definition) is 4. The highest BCUT2D eigenvalue weighted by Crippen LogP contribution is 2.29. The number of carboxylic acid groups (broad SMARTS) is 1. The van der Waals surface area contributed by atoms with Crippen molar-refractivity contribution >= 4 is 46.7 Å². The summed E-state index contributed by atoms with van der Waals surface area (Å²) < 4.78 is 5.93.